The molecule has 20 heavy (non-hydrogen) atoms. The maximum atomic E-state index is 12.2. The van der Waals surface area contributed by atoms with Crippen molar-refractivity contribution in [2.75, 3.05) is 11.1 Å². The third kappa shape index (κ3) is 2.28. The number of nitrogens with one attached hydrogen (secondary N) is 2. The molecule has 7 heteroatoms. The molecule has 0 bridgehead atoms. The molecule has 3 rings (SSSR count). The van der Waals surface area contributed by atoms with E-state index >= 15 is 0 Å². The molecule has 0 unspecified atom stereocenters. The number of benzene rings is 1. The maximum absolute atomic E-state index is 12.2. The van der Waals surface area contributed by atoms with E-state index < -0.39 is 0 Å². The second-order valence-corrected chi connectivity index (χ2v) is 4.63. The van der Waals surface area contributed by atoms with Crippen LogP contribution in [0.1, 0.15) is 10.5 Å². The Hall–Kier alpha value is -2.60. The average molecular weight is 288 g/mol. The number of hydrogen-bond donors (Lipinski definition) is 3. The number of hydrogen-bond acceptors (Lipinski definition) is 4. The molecule has 1 amide bonds. The van der Waals surface area contributed by atoms with Crippen LogP contribution in [0.5, 0.6) is 0 Å². The van der Waals surface area contributed by atoms with Gasteiger partial charge in [-0.15, -0.1) is 0 Å². The van der Waals surface area contributed by atoms with E-state index in [0.717, 1.165) is 5.52 Å². The van der Waals surface area contributed by atoms with E-state index in [1.165, 1.54) is 6.20 Å². The van der Waals surface area contributed by atoms with Gasteiger partial charge in [-0.25, -0.2) is 4.98 Å². The monoisotopic (exact) mass is 287 g/mol. The Bertz CT molecular complexity index is 781. The van der Waals surface area contributed by atoms with Crippen molar-refractivity contribution in [2.45, 2.75) is 0 Å². The van der Waals surface area contributed by atoms with Gasteiger partial charge in [0, 0.05) is 17.3 Å². The summed E-state index contributed by atoms with van der Waals surface area (Å²) in [6.45, 7) is 0. The van der Waals surface area contributed by atoms with E-state index in [9.17, 15) is 4.79 Å². The standard InChI is InChI=1S/C13H10ClN5O/c14-7-1-4-11(16-6-7)17-13(20)12-9-5-8(15)2-3-10(9)18-19-12/h1-6H,15H2,(H,18,19)(H,16,17,20). The van der Waals surface area contributed by atoms with Gasteiger partial charge in [0.25, 0.3) is 5.91 Å². The van der Waals surface area contributed by atoms with Crippen molar-refractivity contribution in [1.29, 1.82) is 0 Å². The fraction of sp³-hybridized carbons (Fsp3) is 0. The molecule has 0 radical (unpaired) electrons. The molecule has 2 aromatic heterocycles. The van der Waals surface area contributed by atoms with E-state index in [0.29, 0.717) is 21.9 Å². The first-order valence-electron chi connectivity index (χ1n) is 5.80. The van der Waals surface area contributed by atoms with Gasteiger partial charge >= 0.3 is 0 Å². The molecule has 0 saturated heterocycles. The molecule has 100 valence electrons. The number of nitrogen functional groups attached to an aromatic ring is 1. The minimum absolute atomic E-state index is 0.268. The average Bonchev–Trinajstić information content (AvgIpc) is 2.84. The van der Waals surface area contributed by atoms with Gasteiger partial charge < -0.3 is 11.1 Å². The fourth-order valence-electron chi connectivity index (χ4n) is 1.83. The Morgan fingerprint density at radius 1 is 1.30 bits per heavy atom. The number of nitrogens with zero attached hydrogens (tertiary/aromatic N) is 2. The predicted octanol–water partition coefficient (Wildman–Crippen LogP) is 2.45. The Morgan fingerprint density at radius 2 is 2.15 bits per heavy atom. The van der Waals surface area contributed by atoms with Crippen molar-refractivity contribution >= 4 is 39.9 Å². The van der Waals surface area contributed by atoms with Crippen LogP contribution < -0.4 is 11.1 Å². The molecule has 0 atom stereocenters. The van der Waals surface area contributed by atoms with Gasteiger partial charge in [-0.2, -0.15) is 5.10 Å². The minimum Gasteiger partial charge on any atom is -0.399 e. The highest BCUT2D eigenvalue weighted by Crippen LogP contribution is 2.20. The summed E-state index contributed by atoms with van der Waals surface area (Å²) in [5.74, 6) is 0.0381. The molecule has 2 heterocycles. The number of halogens is 1. The number of pyridine rings is 1. The first-order valence-corrected chi connectivity index (χ1v) is 6.18. The number of amides is 1. The van der Waals surface area contributed by atoms with Crippen LogP contribution in [0.2, 0.25) is 5.02 Å². The summed E-state index contributed by atoms with van der Waals surface area (Å²) in [6, 6.07) is 8.47. The zero-order valence-corrected chi connectivity index (χ0v) is 11.0. The lowest BCUT2D eigenvalue weighted by Crippen LogP contribution is -2.13. The van der Waals surface area contributed by atoms with Crippen molar-refractivity contribution in [2.24, 2.45) is 0 Å². The van der Waals surface area contributed by atoms with Crippen LogP contribution >= 0.6 is 11.6 Å². The highest BCUT2D eigenvalue weighted by atomic mass is 35.5. The number of carbonyl (C=O) groups excluding carboxylic acids is 1. The summed E-state index contributed by atoms with van der Waals surface area (Å²) in [6.07, 6.45) is 1.46. The quantitative estimate of drug-likeness (QED) is 0.631. The predicted molar refractivity (Wildman–Crippen MR) is 77.7 cm³/mol. The maximum Gasteiger partial charge on any atom is 0.277 e. The van der Waals surface area contributed by atoms with E-state index in [4.69, 9.17) is 17.3 Å². The molecule has 0 spiro atoms. The first kappa shape index (κ1) is 12.4. The molecule has 1 aromatic carbocycles. The SMILES string of the molecule is Nc1ccc2[nH]nc(C(=O)Nc3ccc(Cl)cn3)c2c1. The number of nitrogens with two attached hydrogens (primary N) is 1. The number of anilines is 2. The molecule has 0 saturated carbocycles. The zero-order chi connectivity index (χ0) is 14.1. The summed E-state index contributed by atoms with van der Waals surface area (Å²) in [5.41, 5.74) is 7.30. The molecule has 0 aliphatic rings. The second-order valence-electron chi connectivity index (χ2n) is 4.19. The third-order valence-corrected chi connectivity index (χ3v) is 2.99. The van der Waals surface area contributed by atoms with Gasteiger partial charge in [0.05, 0.1) is 10.5 Å². The van der Waals surface area contributed by atoms with Crippen molar-refractivity contribution in [1.82, 2.24) is 15.2 Å². The summed E-state index contributed by atoms with van der Waals surface area (Å²) >= 11 is 5.74. The molecular formula is C13H10ClN5O. The van der Waals surface area contributed by atoms with Crippen LogP contribution in [0.3, 0.4) is 0 Å². The summed E-state index contributed by atoms with van der Waals surface area (Å²) in [4.78, 5) is 16.2. The molecule has 4 N–H and O–H groups in total. The van der Waals surface area contributed by atoms with Crippen molar-refractivity contribution < 1.29 is 4.79 Å². The number of aromatic amines is 1. The number of rotatable bonds is 2. The van der Waals surface area contributed by atoms with Gasteiger partial charge in [0.15, 0.2) is 5.69 Å². The van der Waals surface area contributed by atoms with Gasteiger partial charge in [0.2, 0.25) is 0 Å². The Kier molecular flexibility index (Phi) is 3.00. The lowest BCUT2D eigenvalue weighted by atomic mass is 10.2. The molecule has 0 aliphatic heterocycles. The van der Waals surface area contributed by atoms with Gasteiger partial charge in [-0.3, -0.25) is 9.89 Å². The van der Waals surface area contributed by atoms with Crippen LogP contribution in [0.4, 0.5) is 11.5 Å². The van der Waals surface area contributed by atoms with Crippen molar-refractivity contribution in [3.05, 3.63) is 47.2 Å². The summed E-state index contributed by atoms with van der Waals surface area (Å²) in [5, 5.41) is 10.6. The molecule has 0 fully saturated rings. The Labute approximate surface area is 119 Å². The molecule has 0 aliphatic carbocycles. The van der Waals surface area contributed by atoms with E-state index in [1.807, 2.05) is 0 Å². The molecule has 6 nitrogen and oxygen atoms in total. The van der Waals surface area contributed by atoms with Crippen LogP contribution in [-0.2, 0) is 0 Å². The summed E-state index contributed by atoms with van der Waals surface area (Å²) < 4.78 is 0. The van der Waals surface area contributed by atoms with Crippen LogP contribution in [-0.4, -0.2) is 21.1 Å². The lowest BCUT2D eigenvalue weighted by molar-refractivity contribution is 0.102. The van der Waals surface area contributed by atoms with Crippen molar-refractivity contribution in [3.63, 3.8) is 0 Å². The number of carbonyl (C=O) groups is 1. The molecular weight excluding hydrogens is 278 g/mol. The number of fused-ring (bicyclic) bond motifs is 1. The molecule has 3 aromatic rings. The Morgan fingerprint density at radius 3 is 2.90 bits per heavy atom. The minimum atomic E-state index is -0.364. The fourth-order valence-corrected chi connectivity index (χ4v) is 1.94. The second kappa shape index (κ2) is 4.82. The zero-order valence-electron chi connectivity index (χ0n) is 10.2. The van der Waals surface area contributed by atoms with Crippen molar-refractivity contribution in [3.8, 4) is 0 Å². The van der Waals surface area contributed by atoms with Crippen LogP contribution in [0, 0.1) is 0 Å². The first-order chi connectivity index (χ1) is 9.63. The smallest absolute Gasteiger partial charge is 0.277 e. The summed E-state index contributed by atoms with van der Waals surface area (Å²) in [7, 11) is 0. The van der Waals surface area contributed by atoms with Gasteiger partial charge in [0.1, 0.15) is 5.82 Å². The highest BCUT2D eigenvalue weighted by molar-refractivity contribution is 6.30. The van der Waals surface area contributed by atoms with Crippen LogP contribution in [0.15, 0.2) is 36.5 Å². The lowest BCUT2D eigenvalue weighted by Gasteiger charge is -2.02. The number of aromatic nitrogens is 3. The number of H-pyrrole nitrogens is 1. The topological polar surface area (TPSA) is 96.7 Å². The van der Waals surface area contributed by atoms with Crippen LogP contribution in [0.25, 0.3) is 10.9 Å². The Balaban J connectivity index is 1.92. The van der Waals surface area contributed by atoms with E-state index in [-0.39, 0.29) is 11.6 Å². The van der Waals surface area contributed by atoms with E-state index in [1.54, 1.807) is 30.3 Å². The highest BCUT2D eigenvalue weighted by Gasteiger charge is 2.14. The van der Waals surface area contributed by atoms with Gasteiger partial charge in [-0.1, -0.05) is 11.6 Å². The van der Waals surface area contributed by atoms with E-state index in [2.05, 4.69) is 20.5 Å². The normalized spacial score (nSPS) is 10.7. The largest absolute Gasteiger partial charge is 0.399 e. The third-order valence-electron chi connectivity index (χ3n) is 2.77. The van der Waals surface area contributed by atoms with Gasteiger partial charge in [-0.05, 0) is 30.3 Å².